The van der Waals surface area contributed by atoms with E-state index in [0.29, 0.717) is 12.0 Å². The Bertz CT molecular complexity index is 336. The summed E-state index contributed by atoms with van der Waals surface area (Å²) in [6.07, 6.45) is 0.455. The molecule has 0 spiro atoms. The van der Waals surface area contributed by atoms with Crippen LogP contribution >= 0.6 is 0 Å². The molecular formula is C11H12FN. The molecule has 0 saturated heterocycles. The fourth-order valence-electron chi connectivity index (χ4n) is 1.16. The lowest BCUT2D eigenvalue weighted by atomic mass is 9.87. The minimum atomic E-state index is -0.498. The molecule has 1 rings (SSSR count). The first-order valence-electron chi connectivity index (χ1n) is 4.20. The molecule has 68 valence electrons. The van der Waals surface area contributed by atoms with E-state index in [9.17, 15) is 4.39 Å². The van der Waals surface area contributed by atoms with Crippen molar-refractivity contribution in [1.82, 2.24) is 0 Å². The van der Waals surface area contributed by atoms with Gasteiger partial charge in [0.15, 0.2) is 0 Å². The number of nitrogens with zero attached hydrogens (tertiary/aromatic N) is 1. The Morgan fingerprint density at radius 1 is 1.38 bits per heavy atom. The molecule has 0 N–H and O–H groups in total. The Morgan fingerprint density at radius 2 is 2.00 bits per heavy atom. The second kappa shape index (κ2) is 3.57. The summed E-state index contributed by atoms with van der Waals surface area (Å²) in [5.74, 6) is -0.231. The molecule has 0 atom stereocenters. The summed E-state index contributed by atoms with van der Waals surface area (Å²) < 4.78 is 13.1. The van der Waals surface area contributed by atoms with Crippen LogP contribution in [0.4, 0.5) is 4.39 Å². The topological polar surface area (TPSA) is 23.8 Å². The van der Waals surface area contributed by atoms with Crippen molar-refractivity contribution in [2.75, 3.05) is 0 Å². The monoisotopic (exact) mass is 177 g/mol. The van der Waals surface area contributed by atoms with Crippen LogP contribution in [-0.4, -0.2) is 0 Å². The van der Waals surface area contributed by atoms with Gasteiger partial charge in [0.1, 0.15) is 5.82 Å². The third-order valence-electron chi connectivity index (χ3n) is 1.89. The van der Waals surface area contributed by atoms with Crippen molar-refractivity contribution in [3.63, 3.8) is 0 Å². The fourth-order valence-corrected chi connectivity index (χ4v) is 1.16. The lowest BCUT2D eigenvalue weighted by Gasteiger charge is -2.14. The zero-order valence-corrected chi connectivity index (χ0v) is 7.84. The van der Waals surface area contributed by atoms with Gasteiger partial charge in [-0.2, -0.15) is 5.26 Å². The zero-order chi connectivity index (χ0) is 9.90. The van der Waals surface area contributed by atoms with Crippen LogP contribution in [0.5, 0.6) is 0 Å². The number of benzene rings is 1. The van der Waals surface area contributed by atoms with Crippen LogP contribution in [0, 0.1) is 22.6 Å². The van der Waals surface area contributed by atoms with E-state index in [-0.39, 0.29) is 5.82 Å². The van der Waals surface area contributed by atoms with Gasteiger partial charge in [-0.1, -0.05) is 18.2 Å². The predicted molar refractivity (Wildman–Crippen MR) is 49.5 cm³/mol. The van der Waals surface area contributed by atoms with Crippen molar-refractivity contribution in [3.8, 4) is 6.07 Å². The van der Waals surface area contributed by atoms with Gasteiger partial charge in [0.25, 0.3) is 0 Å². The van der Waals surface area contributed by atoms with E-state index in [1.807, 2.05) is 0 Å². The summed E-state index contributed by atoms with van der Waals surface area (Å²) in [6, 6.07) is 8.72. The van der Waals surface area contributed by atoms with Crippen LogP contribution < -0.4 is 0 Å². The van der Waals surface area contributed by atoms with Gasteiger partial charge in [0, 0.05) is 0 Å². The largest absolute Gasteiger partial charge is 0.207 e. The maximum Gasteiger partial charge on any atom is 0.126 e. The number of halogens is 1. The van der Waals surface area contributed by atoms with E-state index in [1.165, 1.54) is 6.07 Å². The van der Waals surface area contributed by atoms with Gasteiger partial charge in [-0.3, -0.25) is 0 Å². The molecule has 0 bridgehead atoms. The van der Waals surface area contributed by atoms with Crippen LogP contribution in [0.3, 0.4) is 0 Å². The lowest BCUT2D eigenvalue weighted by molar-refractivity contribution is 0.476. The van der Waals surface area contributed by atoms with E-state index in [2.05, 4.69) is 6.07 Å². The lowest BCUT2D eigenvalue weighted by Crippen LogP contribution is -2.12. The number of rotatable bonds is 2. The molecule has 1 nitrogen and oxygen atoms in total. The summed E-state index contributed by atoms with van der Waals surface area (Å²) in [5, 5.41) is 8.77. The van der Waals surface area contributed by atoms with Crippen LogP contribution in [0.25, 0.3) is 0 Å². The van der Waals surface area contributed by atoms with Crippen LogP contribution in [0.15, 0.2) is 24.3 Å². The highest BCUT2D eigenvalue weighted by atomic mass is 19.1. The summed E-state index contributed by atoms with van der Waals surface area (Å²) in [5.41, 5.74) is 0.108. The third-order valence-corrected chi connectivity index (χ3v) is 1.89. The molecule has 0 aliphatic heterocycles. The molecule has 0 radical (unpaired) electrons. The number of hydrogen-bond donors (Lipinski definition) is 0. The van der Waals surface area contributed by atoms with Crippen molar-refractivity contribution in [2.24, 2.45) is 5.41 Å². The third kappa shape index (κ3) is 2.55. The van der Waals surface area contributed by atoms with Gasteiger partial charge in [-0.05, 0) is 31.9 Å². The van der Waals surface area contributed by atoms with E-state index in [1.54, 1.807) is 32.0 Å². The Hall–Kier alpha value is -1.36. The molecule has 2 heteroatoms. The van der Waals surface area contributed by atoms with E-state index in [4.69, 9.17) is 5.26 Å². The molecule has 0 fully saturated rings. The van der Waals surface area contributed by atoms with Crippen molar-refractivity contribution >= 4 is 0 Å². The second-order valence-electron chi connectivity index (χ2n) is 3.76. The molecular weight excluding hydrogens is 165 g/mol. The first-order valence-corrected chi connectivity index (χ1v) is 4.20. The molecule has 1 aromatic carbocycles. The average Bonchev–Trinajstić information content (AvgIpc) is 2.09. The van der Waals surface area contributed by atoms with Crippen LogP contribution in [0.1, 0.15) is 19.4 Å². The molecule has 0 unspecified atom stereocenters. The SMILES string of the molecule is CC(C)(C#N)Cc1ccccc1F. The Kier molecular flexibility index (Phi) is 2.67. The smallest absolute Gasteiger partial charge is 0.126 e. The van der Waals surface area contributed by atoms with Gasteiger partial charge in [0.05, 0.1) is 11.5 Å². The molecule has 13 heavy (non-hydrogen) atoms. The van der Waals surface area contributed by atoms with Gasteiger partial charge < -0.3 is 0 Å². The van der Waals surface area contributed by atoms with E-state index in [0.717, 1.165) is 0 Å². The van der Waals surface area contributed by atoms with Gasteiger partial charge in [-0.25, -0.2) is 4.39 Å². The Morgan fingerprint density at radius 3 is 2.54 bits per heavy atom. The summed E-state index contributed by atoms with van der Waals surface area (Å²) in [7, 11) is 0. The molecule has 0 heterocycles. The number of hydrogen-bond acceptors (Lipinski definition) is 1. The minimum Gasteiger partial charge on any atom is -0.207 e. The minimum absolute atomic E-state index is 0.231. The zero-order valence-electron chi connectivity index (χ0n) is 7.84. The van der Waals surface area contributed by atoms with Gasteiger partial charge in [-0.15, -0.1) is 0 Å². The van der Waals surface area contributed by atoms with E-state index >= 15 is 0 Å². The Balaban J connectivity index is 2.88. The normalized spacial score (nSPS) is 10.9. The average molecular weight is 177 g/mol. The molecule has 1 aromatic rings. The highest BCUT2D eigenvalue weighted by Crippen LogP contribution is 2.21. The van der Waals surface area contributed by atoms with Crippen molar-refractivity contribution in [3.05, 3.63) is 35.6 Å². The first kappa shape index (κ1) is 9.73. The van der Waals surface area contributed by atoms with Crippen LogP contribution in [0.2, 0.25) is 0 Å². The van der Waals surface area contributed by atoms with Gasteiger partial charge >= 0.3 is 0 Å². The number of nitriles is 1. The summed E-state index contributed by atoms with van der Waals surface area (Å²) in [4.78, 5) is 0. The highest BCUT2D eigenvalue weighted by molar-refractivity contribution is 5.20. The van der Waals surface area contributed by atoms with Crippen LogP contribution in [-0.2, 0) is 6.42 Å². The molecule has 0 amide bonds. The quantitative estimate of drug-likeness (QED) is 0.681. The highest BCUT2D eigenvalue weighted by Gasteiger charge is 2.18. The second-order valence-corrected chi connectivity index (χ2v) is 3.76. The predicted octanol–water partition coefficient (Wildman–Crippen LogP) is 2.92. The standard InChI is InChI=1S/C11H12FN/c1-11(2,8-13)7-9-5-3-4-6-10(9)12/h3-6H,7H2,1-2H3. The first-order chi connectivity index (χ1) is 6.05. The maximum atomic E-state index is 13.1. The Labute approximate surface area is 77.8 Å². The van der Waals surface area contributed by atoms with Crippen molar-refractivity contribution in [1.29, 1.82) is 5.26 Å². The summed E-state index contributed by atoms with van der Waals surface area (Å²) >= 11 is 0. The fraction of sp³-hybridized carbons (Fsp3) is 0.364. The summed E-state index contributed by atoms with van der Waals surface area (Å²) in [6.45, 7) is 3.61. The molecule has 0 aromatic heterocycles. The van der Waals surface area contributed by atoms with Crippen molar-refractivity contribution in [2.45, 2.75) is 20.3 Å². The molecule has 0 aliphatic carbocycles. The molecule has 0 aliphatic rings. The maximum absolute atomic E-state index is 13.1. The molecule has 0 saturated carbocycles. The van der Waals surface area contributed by atoms with E-state index < -0.39 is 5.41 Å². The van der Waals surface area contributed by atoms with Crippen molar-refractivity contribution < 1.29 is 4.39 Å². The van der Waals surface area contributed by atoms with Gasteiger partial charge in [0.2, 0.25) is 0 Å².